The summed E-state index contributed by atoms with van der Waals surface area (Å²) < 4.78 is 16.0. The maximum Gasteiger partial charge on any atom is 0.319 e. The molecule has 1 heterocycles. The third kappa shape index (κ3) is 7.02. The molecule has 1 aliphatic rings. The van der Waals surface area contributed by atoms with Gasteiger partial charge in [0.2, 0.25) is 11.7 Å². The Balaban J connectivity index is 1.51. The summed E-state index contributed by atoms with van der Waals surface area (Å²) in [7, 11) is 4.61. The van der Waals surface area contributed by atoms with Crippen molar-refractivity contribution in [3.8, 4) is 17.2 Å². The van der Waals surface area contributed by atoms with Crippen molar-refractivity contribution in [3.63, 3.8) is 0 Å². The number of nitrogens with one attached hydrogen (secondary N) is 3. The van der Waals surface area contributed by atoms with Crippen LogP contribution in [0, 0.1) is 0 Å². The topological polar surface area (TPSA) is 101 Å². The summed E-state index contributed by atoms with van der Waals surface area (Å²) in [6.45, 7) is 2.06. The Morgan fingerprint density at radius 3 is 2.29 bits per heavy atom. The van der Waals surface area contributed by atoms with Crippen LogP contribution in [0.5, 0.6) is 17.2 Å². The van der Waals surface area contributed by atoms with Crippen molar-refractivity contribution in [1.82, 2.24) is 10.2 Å². The highest BCUT2D eigenvalue weighted by atomic mass is 16.5. The van der Waals surface area contributed by atoms with Gasteiger partial charge < -0.3 is 30.2 Å². The molecule has 2 aromatic rings. The molecule has 9 heteroatoms. The van der Waals surface area contributed by atoms with Crippen molar-refractivity contribution >= 4 is 23.3 Å². The van der Waals surface area contributed by atoms with E-state index in [1.54, 1.807) is 12.1 Å². The molecule has 0 bridgehead atoms. The first-order chi connectivity index (χ1) is 16.5. The summed E-state index contributed by atoms with van der Waals surface area (Å²) in [6, 6.07) is 12.7. The molecule has 1 fully saturated rings. The van der Waals surface area contributed by atoms with Crippen LogP contribution in [0.1, 0.15) is 25.7 Å². The number of amides is 3. The predicted molar refractivity (Wildman–Crippen MR) is 132 cm³/mol. The lowest BCUT2D eigenvalue weighted by Crippen LogP contribution is -2.48. The first kappa shape index (κ1) is 25.2. The minimum atomic E-state index is -0.225. The number of piperidine rings is 1. The van der Waals surface area contributed by atoms with E-state index in [9.17, 15) is 9.59 Å². The van der Waals surface area contributed by atoms with Gasteiger partial charge in [0.05, 0.1) is 21.3 Å². The van der Waals surface area contributed by atoms with Crippen molar-refractivity contribution in [3.05, 3.63) is 42.5 Å². The summed E-state index contributed by atoms with van der Waals surface area (Å²) in [5.41, 5.74) is 1.33. The number of anilines is 2. The van der Waals surface area contributed by atoms with Gasteiger partial charge in [-0.05, 0) is 31.5 Å². The molecule has 3 N–H and O–H groups in total. The van der Waals surface area contributed by atoms with Crippen molar-refractivity contribution in [2.45, 2.75) is 31.7 Å². The van der Waals surface area contributed by atoms with E-state index < -0.39 is 0 Å². The van der Waals surface area contributed by atoms with Crippen LogP contribution in [-0.4, -0.2) is 63.8 Å². The second-order valence-electron chi connectivity index (χ2n) is 8.10. The van der Waals surface area contributed by atoms with Gasteiger partial charge >= 0.3 is 6.03 Å². The number of carbonyl (C=O) groups excluding carboxylic acids is 2. The summed E-state index contributed by atoms with van der Waals surface area (Å²) in [6.07, 6.45) is 3.52. The number of ether oxygens (including phenoxy) is 3. The number of para-hydroxylation sites is 1. The molecule has 1 atom stereocenters. The number of rotatable bonds is 10. The average Bonchev–Trinajstić information content (AvgIpc) is 2.86. The number of benzene rings is 2. The van der Waals surface area contributed by atoms with E-state index in [4.69, 9.17) is 14.2 Å². The maximum absolute atomic E-state index is 12.7. The lowest BCUT2D eigenvalue weighted by atomic mass is 10.0. The van der Waals surface area contributed by atoms with Crippen LogP contribution < -0.4 is 30.2 Å². The SMILES string of the molecule is COc1cc(NC(=O)CCN2CCCCC2CNC(=O)Nc2ccccc2)cc(OC)c1OC. The molecule has 2 aromatic carbocycles. The number of nitrogens with zero attached hydrogens (tertiary/aromatic N) is 1. The third-order valence-electron chi connectivity index (χ3n) is 5.85. The van der Waals surface area contributed by atoms with E-state index in [1.165, 1.54) is 21.3 Å². The summed E-state index contributed by atoms with van der Waals surface area (Å²) in [4.78, 5) is 27.2. The summed E-state index contributed by atoms with van der Waals surface area (Å²) in [5.74, 6) is 1.33. The van der Waals surface area contributed by atoms with Crippen LogP contribution >= 0.6 is 0 Å². The molecule has 3 rings (SSSR count). The van der Waals surface area contributed by atoms with E-state index in [0.29, 0.717) is 42.4 Å². The van der Waals surface area contributed by atoms with E-state index in [-0.39, 0.29) is 18.0 Å². The van der Waals surface area contributed by atoms with E-state index in [0.717, 1.165) is 31.5 Å². The molecule has 1 saturated heterocycles. The highest BCUT2D eigenvalue weighted by Gasteiger charge is 2.23. The molecule has 0 spiro atoms. The Labute approximate surface area is 200 Å². The normalized spacial score (nSPS) is 15.8. The molecule has 1 unspecified atom stereocenters. The second-order valence-corrected chi connectivity index (χ2v) is 8.10. The van der Waals surface area contributed by atoms with Gasteiger partial charge in [-0.15, -0.1) is 0 Å². The van der Waals surface area contributed by atoms with Crippen LogP contribution in [0.15, 0.2) is 42.5 Å². The molecule has 9 nitrogen and oxygen atoms in total. The van der Waals surface area contributed by atoms with Gasteiger partial charge in [0.15, 0.2) is 11.5 Å². The summed E-state index contributed by atoms with van der Waals surface area (Å²) >= 11 is 0. The number of urea groups is 1. The van der Waals surface area contributed by atoms with E-state index in [2.05, 4.69) is 20.9 Å². The molecule has 0 radical (unpaired) electrons. The fourth-order valence-corrected chi connectivity index (χ4v) is 4.11. The minimum Gasteiger partial charge on any atom is -0.493 e. The minimum absolute atomic E-state index is 0.103. The fourth-order valence-electron chi connectivity index (χ4n) is 4.11. The Morgan fingerprint density at radius 1 is 0.941 bits per heavy atom. The van der Waals surface area contributed by atoms with Crippen molar-refractivity contribution < 1.29 is 23.8 Å². The van der Waals surface area contributed by atoms with Crippen LogP contribution in [0.2, 0.25) is 0 Å². The van der Waals surface area contributed by atoms with Crippen molar-refractivity contribution in [1.29, 1.82) is 0 Å². The quantitative estimate of drug-likeness (QED) is 0.489. The number of likely N-dealkylation sites (tertiary alicyclic amines) is 1. The van der Waals surface area contributed by atoms with Gasteiger partial charge in [-0.3, -0.25) is 9.69 Å². The number of methoxy groups -OCH3 is 3. The first-order valence-electron chi connectivity index (χ1n) is 11.5. The van der Waals surface area contributed by atoms with E-state index in [1.807, 2.05) is 30.3 Å². The Kier molecular flexibility index (Phi) is 9.40. The monoisotopic (exact) mass is 470 g/mol. The number of hydrogen-bond acceptors (Lipinski definition) is 6. The van der Waals surface area contributed by atoms with Crippen molar-refractivity contribution in [2.24, 2.45) is 0 Å². The molecular weight excluding hydrogens is 436 g/mol. The smallest absolute Gasteiger partial charge is 0.319 e. The molecule has 1 aliphatic heterocycles. The molecule has 34 heavy (non-hydrogen) atoms. The fraction of sp³-hybridized carbons (Fsp3) is 0.440. The van der Waals surface area contributed by atoms with Gasteiger partial charge in [0.1, 0.15) is 0 Å². The van der Waals surface area contributed by atoms with Gasteiger partial charge in [-0.2, -0.15) is 0 Å². The zero-order valence-corrected chi connectivity index (χ0v) is 20.1. The molecule has 0 aliphatic carbocycles. The molecule has 0 aromatic heterocycles. The van der Waals surface area contributed by atoms with E-state index >= 15 is 0 Å². The van der Waals surface area contributed by atoms with Crippen LogP contribution in [0.4, 0.5) is 16.2 Å². The average molecular weight is 471 g/mol. The van der Waals surface area contributed by atoms with Crippen LogP contribution in [0.25, 0.3) is 0 Å². The highest BCUT2D eigenvalue weighted by molar-refractivity contribution is 5.91. The van der Waals surface area contributed by atoms with Gasteiger partial charge in [-0.1, -0.05) is 24.6 Å². The zero-order valence-electron chi connectivity index (χ0n) is 20.1. The van der Waals surface area contributed by atoms with Crippen molar-refractivity contribution in [2.75, 3.05) is 51.6 Å². The van der Waals surface area contributed by atoms with Crippen LogP contribution in [0.3, 0.4) is 0 Å². The third-order valence-corrected chi connectivity index (χ3v) is 5.85. The zero-order chi connectivity index (χ0) is 24.3. The maximum atomic E-state index is 12.7. The first-order valence-corrected chi connectivity index (χ1v) is 11.5. The standard InChI is InChI=1S/C25H34N4O5/c1-32-21-15-19(16-22(33-2)24(21)34-3)27-23(30)12-14-29-13-8-7-11-20(29)17-26-25(31)28-18-9-5-4-6-10-18/h4-6,9-10,15-16,20H,7-8,11-14,17H2,1-3H3,(H,27,30)(H2,26,28,31). The summed E-state index contributed by atoms with van der Waals surface area (Å²) in [5, 5.41) is 8.71. The molecule has 3 amide bonds. The Morgan fingerprint density at radius 2 is 1.65 bits per heavy atom. The lowest BCUT2D eigenvalue weighted by Gasteiger charge is -2.35. The predicted octanol–water partition coefficient (Wildman–Crippen LogP) is 3.72. The molecule has 184 valence electrons. The number of hydrogen-bond donors (Lipinski definition) is 3. The lowest BCUT2D eigenvalue weighted by molar-refractivity contribution is -0.116. The highest BCUT2D eigenvalue weighted by Crippen LogP contribution is 2.39. The Hall–Kier alpha value is -3.46. The Bertz CT molecular complexity index is 929. The van der Waals surface area contributed by atoms with Gasteiger partial charge in [0, 0.05) is 49.1 Å². The molecular formula is C25H34N4O5. The molecule has 0 saturated carbocycles. The van der Waals surface area contributed by atoms with Crippen LogP contribution in [-0.2, 0) is 4.79 Å². The largest absolute Gasteiger partial charge is 0.493 e. The van der Waals surface area contributed by atoms with Gasteiger partial charge in [-0.25, -0.2) is 4.79 Å². The van der Waals surface area contributed by atoms with Gasteiger partial charge in [0.25, 0.3) is 0 Å². The second kappa shape index (κ2) is 12.7. The number of carbonyl (C=O) groups is 2.